The third-order valence-corrected chi connectivity index (χ3v) is 5.34. The molecule has 4 rings (SSSR count). The van der Waals surface area contributed by atoms with Gasteiger partial charge in [0.1, 0.15) is 0 Å². The summed E-state index contributed by atoms with van der Waals surface area (Å²) in [5.74, 6) is 0. The second-order valence-corrected chi connectivity index (χ2v) is 7.57. The van der Waals surface area contributed by atoms with Crippen LogP contribution in [0.2, 0.25) is 0 Å². The second-order valence-electron chi connectivity index (χ2n) is 7.57. The summed E-state index contributed by atoms with van der Waals surface area (Å²) in [5.41, 5.74) is 9.80. The molecule has 1 aromatic heterocycles. The van der Waals surface area contributed by atoms with Crippen LogP contribution < -0.4 is 33.4 Å². The van der Waals surface area contributed by atoms with Gasteiger partial charge < -0.3 is 16.2 Å². The lowest BCUT2D eigenvalue weighted by Gasteiger charge is -2.07. The lowest BCUT2D eigenvalue weighted by Crippen LogP contribution is -2.26. The van der Waals surface area contributed by atoms with Gasteiger partial charge in [-0.3, -0.25) is 23.7 Å². The van der Waals surface area contributed by atoms with E-state index in [1.807, 2.05) is 13.8 Å². The molecule has 0 fully saturated rings. The molecule has 0 unspecified atom stereocenters. The first kappa shape index (κ1) is 19.8. The Balaban J connectivity index is 2.07. The third-order valence-electron chi connectivity index (χ3n) is 5.34. The SMILES string of the molecule is CC(C)OCCCn1c(=O)c2c(N)c3c(=O)c4ccccc4c(=O)c3c(N)c2c1=O. The molecule has 0 saturated heterocycles. The van der Waals surface area contributed by atoms with E-state index in [4.69, 9.17) is 16.2 Å². The molecule has 0 bridgehead atoms. The number of aromatic nitrogens is 1. The van der Waals surface area contributed by atoms with Crippen LogP contribution >= 0.6 is 0 Å². The monoisotopic (exact) mass is 407 g/mol. The number of hydrogen-bond donors (Lipinski definition) is 2. The van der Waals surface area contributed by atoms with Gasteiger partial charge >= 0.3 is 0 Å². The Kier molecular flexibility index (Phi) is 4.66. The molecule has 0 amide bonds. The summed E-state index contributed by atoms with van der Waals surface area (Å²) in [4.78, 5) is 52.0. The van der Waals surface area contributed by atoms with Crippen LogP contribution in [-0.4, -0.2) is 17.3 Å². The van der Waals surface area contributed by atoms with Crippen molar-refractivity contribution in [1.29, 1.82) is 0 Å². The molecular formula is C22H21N3O5. The smallest absolute Gasteiger partial charge is 0.263 e. The van der Waals surface area contributed by atoms with Crippen molar-refractivity contribution < 1.29 is 4.74 Å². The van der Waals surface area contributed by atoms with Crippen LogP contribution in [0.1, 0.15) is 20.3 Å². The number of ether oxygens (including phenoxy) is 1. The minimum atomic E-state index is -0.620. The maximum atomic E-state index is 13.1. The molecule has 0 aliphatic rings. The van der Waals surface area contributed by atoms with E-state index in [1.165, 1.54) is 12.1 Å². The van der Waals surface area contributed by atoms with Crippen LogP contribution in [-0.2, 0) is 11.3 Å². The molecule has 8 heteroatoms. The molecule has 0 spiro atoms. The van der Waals surface area contributed by atoms with Gasteiger partial charge in [-0.1, -0.05) is 24.3 Å². The van der Waals surface area contributed by atoms with Crippen LogP contribution in [0.3, 0.4) is 0 Å². The van der Waals surface area contributed by atoms with Crippen molar-refractivity contribution in [1.82, 2.24) is 4.57 Å². The lowest BCUT2D eigenvalue weighted by molar-refractivity contribution is 0.0746. The van der Waals surface area contributed by atoms with E-state index in [0.29, 0.717) is 13.0 Å². The fourth-order valence-electron chi connectivity index (χ4n) is 3.96. The molecule has 4 aromatic rings. The quantitative estimate of drug-likeness (QED) is 0.220. The summed E-state index contributed by atoms with van der Waals surface area (Å²) in [6.07, 6.45) is 0.468. The van der Waals surface area contributed by atoms with Crippen molar-refractivity contribution in [2.45, 2.75) is 32.9 Å². The first-order valence-electron chi connectivity index (χ1n) is 9.66. The number of nitrogen functional groups attached to an aromatic ring is 2. The Morgan fingerprint density at radius 1 is 0.833 bits per heavy atom. The summed E-state index contributed by atoms with van der Waals surface area (Å²) < 4.78 is 6.49. The highest BCUT2D eigenvalue weighted by molar-refractivity contribution is 6.20. The van der Waals surface area contributed by atoms with Crippen LogP contribution in [0, 0.1) is 0 Å². The Morgan fingerprint density at radius 2 is 1.30 bits per heavy atom. The van der Waals surface area contributed by atoms with E-state index in [-0.39, 0.29) is 56.3 Å². The predicted molar refractivity (Wildman–Crippen MR) is 119 cm³/mol. The van der Waals surface area contributed by atoms with E-state index in [1.54, 1.807) is 12.1 Å². The van der Waals surface area contributed by atoms with E-state index in [2.05, 4.69) is 0 Å². The summed E-state index contributed by atoms with van der Waals surface area (Å²) >= 11 is 0. The largest absolute Gasteiger partial charge is 0.397 e. The summed E-state index contributed by atoms with van der Waals surface area (Å²) in [5, 5.41) is -0.0497. The Morgan fingerprint density at radius 3 is 1.73 bits per heavy atom. The van der Waals surface area contributed by atoms with E-state index >= 15 is 0 Å². The van der Waals surface area contributed by atoms with Gasteiger partial charge in [-0.2, -0.15) is 0 Å². The van der Waals surface area contributed by atoms with Crippen molar-refractivity contribution in [2.24, 2.45) is 0 Å². The van der Waals surface area contributed by atoms with Crippen molar-refractivity contribution in [3.05, 3.63) is 65.4 Å². The zero-order chi connectivity index (χ0) is 21.7. The van der Waals surface area contributed by atoms with Crippen LogP contribution in [0.5, 0.6) is 0 Å². The summed E-state index contributed by atoms with van der Waals surface area (Å²) in [6.45, 7) is 4.27. The minimum absolute atomic E-state index is 0.0313. The zero-order valence-electron chi connectivity index (χ0n) is 16.7. The van der Waals surface area contributed by atoms with Gasteiger partial charge in [-0.15, -0.1) is 0 Å². The van der Waals surface area contributed by atoms with Gasteiger partial charge in [0.05, 0.1) is 39.0 Å². The van der Waals surface area contributed by atoms with Crippen molar-refractivity contribution in [3.8, 4) is 0 Å². The molecule has 1 heterocycles. The highest BCUT2D eigenvalue weighted by Gasteiger charge is 2.25. The highest BCUT2D eigenvalue weighted by atomic mass is 16.5. The second kappa shape index (κ2) is 7.07. The molecule has 0 aliphatic carbocycles. The number of nitrogens with zero attached hydrogens (tertiary/aromatic N) is 1. The predicted octanol–water partition coefficient (Wildman–Crippen LogP) is 1.24. The number of nitrogens with two attached hydrogens (primary N) is 2. The maximum absolute atomic E-state index is 13.1. The van der Waals surface area contributed by atoms with E-state index in [0.717, 1.165) is 4.57 Å². The first-order valence-corrected chi connectivity index (χ1v) is 9.66. The molecule has 0 atom stereocenters. The molecule has 4 N–H and O–H groups in total. The van der Waals surface area contributed by atoms with Crippen molar-refractivity contribution >= 4 is 43.7 Å². The van der Waals surface area contributed by atoms with Crippen LogP contribution in [0.15, 0.2) is 43.4 Å². The average molecular weight is 407 g/mol. The van der Waals surface area contributed by atoms with Gasteiger partial charge in [0.2, 0.25) is 0 Å². The van der Waals surface area contributed by atoms with Gasteiger partial charge in [0, 0.05) is 23.9 Å². The van der Waals surface area contributed by atoms with Gasteiger partial charge in [0.15, 0.2) is 10.9 Å². The number of anilines is 2. The molecule has 0 radical (unpaired) electrons. The molecule has 0 saturated carbocycles. The molecule has 154 valence electrons. The number of hydrogen-bond acceptors (Lipinski definition) is 7. The third kappa shape index (κ3) is 2.72. The Labute approximate surface area is 170 Å². The highest BCUT2D eigenvalue weighted by Crippen LogP contribution is 2.31. The van der Waals surface area contributed by atoms with Gasteiger partial charge in [-0.25, -0.2) is 0 Å². The normalized spacial score (nSPS) is 12.0. The van der Waals surface area contributed by atoms with Gasteiger partial charge in [-0.05, 0) is 20.3 Å². The molecule has 3 aromatic carbocycles. The first-order chi connectivity index (χ1) is 14.3. The number of rotatable bonds is 5. The van der Waals surface area contributed by atoms with Crippen LogP contribution in [0.25, 0.3) is 32.3 Å². The maximum Gasteiger partial charge on any atom is 0.263 e. The molecule has 8 nitrogen and oxygen atoms in total. The average Bonchev–Trinajstić information content (AvgIpc) is 2.96. The van der Waals surface area contributed by atoms with Crippen molar-refractivity contribution in [3.63, 3.8) is 0 Å². The summed E-state index contributed by atoms with van der Waals surface area (Å²) in [7, 11) is 0. The molecular weight excluding hydrogens is 386 g/mol. The Hall–Kier alpha value is -3.52. The topological polar surface area (TPSA) is 134 Å². The molecule has 0 aliphatic heterocycles. The fraction of sp³-hybridized carbons (Fsp3) is 0.273. The van der Waals surface area contributed by atoms with Crippen LogP contribution in [0.4, 0.5) is 11.4 Å². The van der Waals surface area contributed by atoms with Gasteiger partial charge in [0.25, 0.3) is 11.1 Å². The lowest BCUT2D eigenvalue weighted by atomic mass is 9.97. The zero-order valence-corrected chi connectivity index (χ0v) is 16.7. The van der Waals surface area contributed by atoms with E-state index < -0.39 is 22.0 Å². The number of benzene rings is 3. The summed E-state index contributed by atoms with van der Waals surface area (Å²) in [6, 6.07) is 6.32. The number of fused-ring (bicyclic) bond motifs is 3. The van der Waals surface area contributed by atoms with Crippen molar-refractivity contribution in [2.75, 3.05) is 18.1 Å². The Bertz CT molecular complexity index is 1420. The minimum Gasteiger partial charge on any atom is -0.397 e. The fourth-order valence-corrected chi connectivity index (χ4v) is 3.96. The molecule has 30 heavy (non-hydrogen) atoms. The standard InChI is InChI=1S/C22H21N3O5/c1-10(2)30-9-5-8-25-21(28)15-16(22(25)29)18(24)14-13(17(15)23)19(26)11-6-3-4-7-12(11)20(14)27/h3-4,6-7,10H,5,8-9,23-24H2,1-2H3. The van der Waals surface area contributed by atoms with E-state index in [9.17, 15) is 19.2 Å².